The number of aryl methyl sites for hydroxylation is 2. The van der Waals surface area contributed by atoms with Crippen LogP contribution in [0.5, 0.6) is 5.75 Å². The SMILES string of the molecule is Cc1cc(OCC(=O)NC(C)C(N)=O)cc(C)c1Cl. The van der Waals surface area contributed by atoms with E-state index in [0.717, 1.165) is 11.1 Å². The quantitative estimate of drug-likeness (QED) is 0.856. The lowest BCUT2D eigenvalue weighted by Crippen LogP contribution is -2.44. The molecule has 0 fully saturated rings. The highest BCUT2D eigenvalue weighted by atomic mass is 35.5. The molecule has 1 aromatic carbocycles. The highest BCUT2D eigenvalue weighted by Crippen LogP contribution is 2.25. The fourth-order valence-corrected chi connectivity index (χ4v) is 1.60. The minimum Gasteiger partial charge on any atom is -0.484 e. The molecule has 0 radical (unpaired) electrons. The van der Waals surface area contributed by atoms with E-state index in [1.54, 1.807) is 12.1 Å². The van der Waals surface area contributed by atoms with Crippen molar-refractivity contribution in [1.29, 1.82) is 0 Å². The Hall–Kier alpha value is -1.75. The Bertz CT molecular complexity index is 480. The van der Waals surface area contributed by atoms with Crippen LogP contribution in [0, 0.1) is 13.8 Å². The molecule has 6 heteroatoms. The van der Waals surface area contributed by atoms with Crippen molar-refractivity contribution in [2.45, 2.75) is 26.8 Å². The maximum atomic E-state index is 11.5. The largest absolute Gasteiger partial charge is 0.484 e. The predicted octanol–water partition coefficient (Wildman–Crippen LogP) is 1.33. The first-order chi connectivity index (χ1) is 8.81. The fourth-order valence-electron chi connectivity index (χ4n) is 1.49. The number of rotatable bonds is 5. The second-order valence-corrected chi connectivity index (χ2v) is 4.73. The van der Waals surface area contributed by atoms with Gasteiger partial charge in [0.15, 0.2) is 6.61 Å². The molecule has 0 saturated heterocycles. The van der Waals surface area contributed by atoms with E-state index in [9.17, 15) is 9.59 Å². The lowest BCUT2D eigenvalue weighted by Gasteiger charge is -2.12. The van der Waals surface area contributed by atoms with Crippen LogP contribution in [-0.2, 0) is 9.59 Å². The van der Waals surface area contributed by atoms with Gasteiger partial charge in [-0.25, -0.2) is 0 Å². The molecular weight excluding hydrogens is 268 g/mol. The standard InChI is InChI=1S/C13H17ClN2O3/c1-7-4-10(5-8(2)12(7)14)19-6-11(17)16-9(3)13(15)18/h4-5,9H,6H2,1-3H3,(H2,15,18)(H,16,17). The zero-order valence-corrected chi connectivity index (χ0v) is 11.9. The van der Waals surface area contributed by atoms with Crippen molar-refractivity contribution in [3.8, 4) is 5.75 Å². The third-order valence-electron chi connectivity index (χ3n) is 2.58. The number of hydrogen-bond donors (Lipinski definition) is 2. The normalized spacial score (nSPS) is 11.8. The fraction of sp³-hybridized carbons (Fsp3) is 0.385. The Kier molecular flexibility index (Phi) is 5.18. The summed E-state index contributed by atoms with van der Waals surface area (Å²) >= 11 is 6.03. The molecule has 1 rings (SSSR count). The van der Waals surface area contributed by atoms with Crippen LogP contribution in [0.3, 0.4) is 0 Å². The molecular formula is C13H17ClN2O3. The number of amides is 2. The lowest BCUT2D eigenvalue weighted by atomic mass is 10.1. The van der Waals surface area contributed by atoms with Gasteiger partial charge >= 0.3 is 0 Å². The van der Waals surface area contributed by atoms with Gasteiger partial charge in [-0.15, -0.1) is 0 Å². The summed E-state index contributed by atoms with van der Waals surface area (Å²) < 4.78 is 5.34. The Labute approximate surface area is 117 Å². The first-order valence-corrected chi connectivity index (χ1v) is 6.17. The van der Waals surface area contributed by atoms with Gasteiger partial charge in [0.05, 0.1) is 0 Å². The van der Waals surface area contributed by atoms with E-state index >= 15 is 0 Å². The van der Waals surface area contributed by atoms with Crippen molar-refractivity contribution in [3.63, 3.8) is 0 Å². The minimum absolute atomic E-state index is 0.182. The summed E-state index contributed by atoms with van der Waals surface area (Å²) in [6, 6.07) is 2.78. The van der Waals surface area contributed by atoms with Crippen LogP contribution < -0.4 is 15.8 Å². The van der Waals surface area contributed by atoms with Crippen LogP contribution in [0.15, 0.2) is 12.1 Å². The Balaban J connectivity index is 2.58. The minimum atomic E-state index is -0.718. The lowest BCUT2D eigenvalue weighted by molar-refractivity contribution is -0.128. The third-order valence-corrected chi connectivity index (χ3v) is 3.18. The molecule has 0 saturated carbocycles. The molecule has 0 aliphatic rings. The zero-order valence-electron chi connectivity index (χ0n) is 11.1. The van der Waals surface area contributed by atoms with Gasteiger partial charge in [0.2, 0.25) is 5.91 Å². The van der Waals surface area contributed by atoms with Gasteiger partial charge in [-0.2, -0.15) is 0 Å². The molecule has 0 aliphatic carbocycles. The van der Waals surface area contributed by atoms with Crippen LogP contribution in [0.1, 0.15) is 18.1 Å². The van der Waals surface area contributed by atoms with Gasteiger partial charge in [-0.05, 0) is 44.0 Å². The number of nitrogens with one attached hydrogen (secondary N) is 1. The van der Waals surface area contributed by atoms with E-state index in [-0.39, 0.29) is 6.61 Å². The summed E-state index contributed by atoms with van der Waals surface area (Å²) in [6.07, 6.45) is 0. The summed E-state index contributed by atoms with van der Waals surface area (Å²) in [5.74, 6) is -0.440. The number of primary amides is 1. The maximum absolute atomic E-state index is 11.5. The molecule has 19 heavy (non-hydrogen) atoms. The Morgan fingerprint density at radius 2 is 1.89 bits per heavy atom. The molecule has 104 valence electrons. The molecule has 0 spiro atoms. The molecule has 1 unspecified atom stereocenters. The van der Waals surface area contributed by atoms with Gasteiger partial charge in [-0.3, -0.25) is 9.59 Å². The predicted molar refractivity (Wildman–Crippen MR) is 73.2 cm³/mol. The van der Waals surface area contributed by atoms with E-state index in [1.165, 1.54) is 6.92 Å². The monoisotopic (exact) mass is 284 g/mol. The summed E-state index contributed by atoms with van der Waals surface area (Å²) in [5.41, 5.74) is 6.79. The van der Waals surface area contributed by atoms with Crippen molar-refractivity contribution in [2.24, 2.45) is 5.73 Å². The topological polar surface area (TPSA) is 81.4 Å². The first kappa shape index (κ1) is 15.3. The maximum Gasteiger partial charge on any atom is 0.258 e. The van der Waals surface area contributed by atoms with Gasteiger partial charge in [0, 0.05) is 5.02 Å². The molecule has 0 aliphatic heterocycles. The second-order valence-electron chi connectivity index (χ2n) is 4.35. The molecule has 2 amide bonds. The van der Waals surface area contributed by atoms with Gasteiger partial charge in [0.1, 0.15) is 11.8 Å². The number of ether oxygens (including phenoxy) is 1. The van der Waals surface area contributed by atoms with Gasteiger partial charge < -0.3 is 15.8 Å². The number of nitrogens with two attached hydrogens (primary N) is 1. The van der Waals surface area contributed by atoms with Crippen LogP contribution >= 0.6 is 11.6 Å². The summed E-state index contributed by atoms with van der Waals surface area (Å²) in [4.78, 5) is 22.3. The highest BCUT2D eigenvalue weighted by molar-refractivity contribution is 6.32. The van der Waals surface area contributed by atoms with Crippen LogP contribution in [-0.4, -0.2) is 24.5 Å². The molecule has 0 aromatic heterocycles. The number of hydrogen-bond acceptors (Lipinski definition) is 3. The number of carbonyl (C=O) groups is 2. The van der Waals surface area contributed by atoms with Gasteiger partial charge in [-0.1, -0.05) is 11.6 Å². The molecule has 0 bridgehead atoms. The smallest absolute Gasteiger partial charge is 0.258 e. The summed E-state index contributed by atoms with van der Waals surface area (Å²) in [6.45, 7) is 5.05. The first-order valence-electron chi connectivity index (χ1n) is 5.79. The van der Waals surface area contributed by atoms with E-state index in [4.69, 9.17) is 22.1 Å². The van der Waals surface area contributed by atoms with Crippen molar-refractivity contribution in [2.75, 3.05) is 6.61 Å². The second kappa shape index (κ2) is 6.43. The zero-order chi connectivity index (χ0) is 14.6. The van der Waals surface area contributed by atoms with Crippen molar-refractivity contribution in [1.82, 2.24) is 5.32 Å². The molecule has 0 heterocycles. The van der Waals surface area contributed by atoms with Crippen molar-refractivity contribution < 1.29 is 14.3 Å². The van der Waals surface area contributed by atoms with E-state index in [0.29, 0.717) is 10.8 Å². The van der Waals surface area contributed by atoms with Crippen molar-refractivity contribution >= 4 is 23.4 Å². The van der Waals surface area contributed by atoms with E-state index < -0.39 is 17.9 Å². The van der Waals surface area contributed by atoms with Crippen LogP contribution in [0.25, 0.3) is 0 Å². The van der Waals surface area contributed by atoms with Crippen LogP contribution in [0.2, 0.25) is 5.02 Å². The molecule has 5 nitrogen and oxygen atoms in total. The molecule has 1 aromatic rings. The third kappa shape index (κ3) is 4.44. The van der Waals surface area contributed by atoms with E-state index in [1.807, 2.05) is 13.8 Å². The Morgan fingerprint density at radius 1 is 1.37 bits per heavy atom. The van der Waals surface area contributed by atoms with Gasteiger partial charge in [0.25, 0.3) is 5.91 Å². The number of carbonyl (C=O) groups excluding carboxylic acids is 2. The van der Waals surface area contributed by atoms with Crippen LogP contribution in [0.4, 0.5) is 0 Å². The highest BCUT2D eigenvalue weighted by Gasteiger charge is 2.12. The number of benzene rings is 1. The number of halogens is 1. The average molecular weight is 285 g/mol. The molecule has 1 atom stereocenters. The van der Waals surface area contributed by atoms with Crippen molar-refractivity contribution in [3.05, 3.63) is 28.3 Å². The van der Waals surface area contributed by atoms with E-state index in [2.05, 4.69) is 5.32 Å². The summed E-state index contributed by atoms with van der Waals surface area (Å²) in [7, 11) is 0. The summed E-state index contributed by atoms with van der Waals surface area (Å²) in [5, 5.41) is 3.11. The Morgan fingerprint density at radius 3 is 2.37 bits per heavy atom. The average Bonchev–Trinajstić information content (AvgIpc) is 2.33. The molecule has 3 N–H and O–H groups in total.